The van der Waals surface area contributed by atoms with Gasteiger partial charge in [-0.15, -0.1) is 0 Å². The maximum atomic E-state index is 11.7. The molecule has 1 aromatic rings. The number of carbonyl (C=O) groups excluding carboxylic acids is 2. The predicted octanol–water partition coefficient (Wildman–Crippen LogP) is 1.83. The Hall–Kier alpha value is -2.42. The Kier molecular flexibility index (Phi) is 6.05. The van der Waals surface area contributed by atoms with Gasteiger partial charge in [0.05, 0.1) is 12.8 Å². The molecule has 0 saturated heterocycles. The van der Waals surface area contributed by atoms with Crippen LogP contribution >= 0.6 is 0 Å². The molecule has 1 N–H and O–H groups in total. The smallest absolute Gasteiger partial charge is 0.408 e. The van der Waals surface area contributed by atoms with Crippen LogP contribution in [0.1, 0.15) is 32.9 Å². The molecule has 120 valence electrons. The van der Waals surface area contributed by atoms with Gasteiger partial charge in [0.2, 0.25) is 0 Å². The van der Waals surface area contributed by atoms with Crippen LogP contribution in [0.3, 0.4) is 0 Å². The number of nitrogens with zero attached hydrogens (tertiary/aromatic N) is 1. The number of amides is 1. The molecule has 1 unspecified atom stereocenters. The van der Waals surface area contributed by atoms with Gasteiger partial charge in [-0.3, -0.25) is 0 Å². The first-order valence-electron chi connectivity index (χ1n) is 6.90. The molecule has 1 rings (SSSR count). The van der Waals surface area contributed by atoms with E-state index in [2.05, 4.69) is 21.9 Å². The number of esters is 1. The van der Waals surface area contributed by atoms with Crippen molar-refractivity contribution in [3.63, 3.8) is 0 Å². The maximum Gasteiger partial charge on any atom is 0.408 e. The Balaban J connectivity index is 2.70. The molecule has 0 aromatic carbocycles. The van der Waals surface area contributed by atoms with Crippen molar-refractivity contribution in [1.82, 2.24) is 9.88 Å². The summed E-state index contributed by atoms with van der Waals surface area (Å²) in [6.07, 6.45) is 1.33. The van der Waals surface area contributed by atoms with E-state index < -0.39 is 23.7 Å². The topological polar surface area (TPSA) is 69.6 Å². The van der Waals surface area contributed by atoms with Crippen molar-refractivity contribution in [3.05, 3.63) is 24.0 Å². The highest BCUT2D eigenvalue weighted by Crippen LogP contribution is 2.07. The molecule has 0 saturated carbocycles. The first kappa shape index (κ1) is 17.6. The maximum absolute atomic E-state index is 11.7. The normalized spacial score (nSPS) is 11.9. The molecular weight excluding hydrogens is 284 g/mol. The van der Waals surface area contributed by atoms with Crippen molar-refractivity contribution in [2.24, 2.45) is 7.05 Å². The Morgan fingerprint density at radius 3 is 2.59 bits per heavy atom. The number of nitrogens with one attached hydrogen (secondary N) is 1. The summed E-state index contributed by atoms with van der Waals surface area (Å²) >= 11 is 0. The lowest BCUT2D eigenvalue weighted by molar-refractivity contribution is -0.143. The third kappa shape index (κ3) is 5.92. The summed E-state index contributed by atoms with van der Waals surface area (Å²) in [6.45, 7) is 5.23. The molecular formula is C16H22N2O4. The van der Waals surface area contributed by atoms with Crippen LogP contribution in [0.4, 0.5) is 4.79 Å². The van der Waals surface area contributed by atoms with Gasteiger partial charge in [-0.05, 0) is 38.8 Å². The van der Waals surface area contributed by atoms with E-state index in [0.29, 0.717) is 0 Å². The highest BCUT2D eigenvalue weighted by molar-refractivity contribution is 5.81. The summed E-state index contributed by atoms with van der Waals surface area (Å²) in [5.41, 5.74) is 0.181. The van der Waals surface area contributed by atoms with E-state index >= 15 is 0 Å². The van der Waals surface area contributed by atoms with Crippen LogP contribution in [-0.4, -0.2) is 35.4 Å². The fraction of sp³-hybridized carbons (Fsp3) is 0.500. The molecule has 1 atom stereocenters. The standard InChI is InChI=1S/C16H22N2O4/c1-16(2,3)22-15(20)17-13(14(19)21-5)10-6-8-12-9-7-11-18(12)4/h7,9,11,13H,10H2,1-5H3,(H,17,20). The monoisotopic (exact) mass is 306 g/mol. The molecule has 0 bridgehead atoms. The number of hydrogen-bond donors (Lipinski definition) is 1. The van der Waals surface area contributed by atoms with E-state index in [1.807, 2.05) is 29.9 Å². The summed E-state index contributed by atoms with van der Waals surface area (Å²) in [4.78, 5) is 23.4. The number of methoxy groups -OCH3 is 1. The Morgan fingerprint density at radius 1 is 1.41 bits per heavy atom. The van der Waals surface area contributed by atoms with Crippen molar-refractivity contribution in [1.29, 1.82) is 0 Å². The summed E-state index contributed by atoms with van der Waals surface area (Å²) in [7, 11) is 3.14. The van der Waals surface area contributed by atoms with Gasteiger partial charge >= 0.3 is 12.1 Å². The van der Waals surface area contributed by atoms with Crippen LogP contribution in [0.25, 0.3) is 0 Å². The van der Waals surface area contributed by atoms with Crippen LogP contribution in [0.15, 0.2) is 18.3 Å². The fourth-order valence-electron chi connectivity index (χ4n) is 1.62. The van der Waals surface area contributed by atoms with Crippen molar-refractivity contribution in [2.45, 2.75) is 38.8 Å². The van der Waals surface area contributed by atoms with Crippen molar-refractivity contribution in [2.75, 3.05) is 7.11 Å². The number of ether oxygens (including phenoxy) is 2. The van der Waals surface area contributed by atoms with Crippen LogP contribution in [-0.2, 0) is 21.3 Å². The molecule has 6 nitrogen and oxygen atoms in total. The Bertz CT molecular complexity index is 587. The zero-order valence-electron chi connectivity index (χ0n) is 13.6. The SMILES string of the molecule is COC(=O)C(CC#Cc1cccn1C)NC(=O)OC(C)(C)C. The van der Waals surface area contributed by atoms with E-state index in [1.54, 1.807) is 20.8 Å². The molecule has 0 aliphatic rings. The Morgan fingerprint density at radius 2 is 2.09 bits per heavy atom. The van der Waals surface area contributed by atoms with Gasteiger partial charge in [0.15, 0.2) is 0 Å². The molecule has 0 fully saturated rings. The molecule has 1 amide bonds. The minimum Gasteiger partial charge on any atom is -0.467 e. The minimum absolute atomic E-state index is 0.136. The predicted molar refractivity (Wildman–Crippen MR) is 82.1 cm³/mol. The third-order valence-electron chi connectivity index (χ3n) is 2.64. The van der Waals surface area contributed by atoms with Gasteiger partial charge in [0.25, 0.3) is 0 Å². The number of rotatable bonds is 3. The van der Waals surface area contributed by atoms with Crippen molar-refractivity contribution < 1.29 is 19.1 Å². The van der Waals surface area contributed by atoms with Crippen LogP contribution < -0.4 is 5.32 Å². The second-order valence-electron chi connectivity index (χ2n) is 5.73. The van der Waals surface area contributed by atoms with E-state index in [0.717, 1.165) is 5.69 Å². The summed E-state index contributed by atoms with van der Waals surface area (Å²) in [5, 5.41) is 2.47. The summed E-state index contributed by atoms with van der Waals surface area (Å²) in [6, 6.07) is 2.87. The second kappa shape index (κ2) is 7.55. The van der Waals surface area contributed by atoms with Gasteiger partial charge in [0, 0.05) is 19.7 Å². The number of aromatic nitrogens is 1. The molecule has 6 heteroatoms. The molecule has 1 aromatic heterocycles. The lowest BCUT2D eigenvalue weighted by Crippen LogP contribution is -2.43. The van der Waals surface area contributed by atoms with Gasteiger partial charge in [-0.1, -0.05) is 5.92 Å². The lowest BCUT2D eigenvalue weighted by Gasteiger charge is -2.21. The van der Waals surface area contributed by atoms with E-state index in [-0.39, 0.29) is 6.42 Å². The molecule has 0 radical (unpaired) electrons. The average Bonchev–Trinajstić information content (AvgIpc) is 2.80. The number of carbonyl (C=O) groups is 2. The van der Waals surface area contributed by atoms with E-state index in [1.165, 1.54) is 7.11 Å². The van der Waals surface area contributed by atoms with Gasteiger partial charge < -0.3 is 19.4 Å². The number of hydrogen-bond acceptors (Lipinski definition) is 4. The number of aryl methyl sites for hydroxylation is 1. The number of alkyl carbamates (subject to hydrolysis) is 1. The van der Waals surface area contributed by atoms with Crippen LogP contribution in [0.5, 0.6) is 0 Å². The fourth-order valence-corrected chi connectivity index (χ4v) is 1.62. The summed E-state index contributed by atoms with van der Waals surface area (Å²) < 4.78 is 11.7. The molecule has 0 aliphatic heterocycles. The van der Waals surface area contributed by atoms with Crippen molar-refractivity contribution >= 4 is 12.1 Å². The molecule has 0 spiro atoms. The first-order chi connectivity index (χ1) is 10.2. The average molecular weight is 306 g/mol. The molecule has 0 aliphatic carbocycles. The highest BCUT2D eigenvalue weighted by Gasteiger charge is 2.24. The van der Waals surface area contributed by atoms with Crippen LogP contribution in [0, 0.1) is 11.8 Å². The third-order valence-corrected chi connectivity index (χ3v) is 2.64. The van der Waals surface area contributed by atoms with E-state index in [9.17, 15) is 9.59 Å². The zero-order valence-corrected chi connectivity index (χ0v) is 13.6. The minimum atomic E-state index is -0.868. The quantitative estimate of drug-likeness (QED) is 0.683. The highest BCUT2D eigenvalue weighted by atomic mass is 16.6. The summed E-state index contributed by atoms with van der Waals surface area (Å²) in [5.74, 6) is 5.24. The molecule has 1 heterocycles. The Labute approximate surface area is 130 Å². The molecule has 22 heavy (non-hydrogen) atoms. The largest absolute Gasteiger partial charge is 0.467 e. The van der Waals surface area contributed by atoms with Crippen molar-refractivity contribution in [3.8, 4) is 11.8 Å². The van der Waals surface area contributed by atoms with Crippen LogP contribution in [0.2, 0.25) is 0 Å². The van der Waals surface area contributed by atoms with E-state index in [4.69, 9.17) is 4.74 Å². The van der Waals surface area contributed by atoms with Gasteiger partial charge in [-0.25, -0.2) is 9.59 Å². The van der Waals surface area contributed by atoms with Gasteiger partial charge in [-0.2, -0.15) is 0 Å². The lowest BCUT2D eigenvalue weighted by atomic mass is 10.2. The zero-order chi connectivity index (χ0) is 16.8. The van der Waals surface area contributed by atoms with Gasteiger partial charge in [0.1, 0.15) is 11.6 Å². The second-order valence-corrected chi connectivity index (χ2v) is 5.73. The first-order valence-corrected chi connectivity index (χ1v) is 6.90.